The number of nitrogens with two attached hydrogens (primary N) is 1. The molecule has 0 fully saturated rings. The van der Waals surface area contributed by atoms with Gasteiger partial charge in [0.05, 0.1) is 0 Å². The van der Waals surface area contributed by atoms with E-state index in [4.69, 9.17) is 17.4 Å². The normalized spacial score (nSPS) is 12.8. The molecule has 0 spiro atoms. The van der Waals surface area contributed by atoms with Crippen molar-refractivity contribution in [2.24, 2.45) is 5.84 Å². The number of hydrogen-bond acceptors (Lipinski definition) is 4. The summed E-state index contributed by atoms with van der Waals surface area (Å²) in [5.74, 6) is 6.60. The van der Waals surface area contributed by atoms with Gasteiger partial charge in [-0.05, 0) is 38.0 Å². The minimum absolute atomic E-state index is 0.109. The molecule has 2 aromatic rings. The quantitative estimate of drug-likeness (QED) is 0.632. The van der Waals surface area contributed by atoms with Gasteiger partial charge in [0.25, 0.3) is 0 Å². The molecule has 1 unspecified atom stereocenters. The van der Waals surface area contributed by atoms with Gasteiger partial charge in [0.1, 0.15) is 12.2 Å². The third-order valence-corrected chi connectivity index (χ3v) is 3.45. The number of nitrogens with zero attached hydrogens (tertiary/aromatic N) is 3. The monoisotopic (exact) mass is 293 g/mol. The summed E-state index contributed by atoms with van der Waals surface area (Å²) >= 11 is 5.89. The Balaban J connectivity index is 2.05. The molecule has 6 heteroatoms. The van der Waals surface area contributed by atoms with Crippen molar-refractivity contribution in [3.05, 3.63) is 47.0 Å². The molecule has 1 aromatic heterocycles. The fraction of sp³-hybridized carbons (Fsp3) is 0.429. The predicted octanol–water partition coefficient (Wildman–Crippen LogP) is 2.13. The van der Waals surface area contributed by atoms with Crippen molar-refractivity contribution in [3.63, 3.8) is 0 Å². The molecule has 5 nitrogen and oxygen atoms in total. The van der Waals surface area contributed by atoms with Crippen LogP contribution in [0.2, 0.25) is 5.02 Å². The van der Waals surface area contributed by atoms with Gasteiger partial charge < -0.3 is 0 Å². The van der Waals surface area contributed by atoms with Crippen LogP contribution in [0.25, 0.3) is 0 Å². The lowest BCUT2D eigenvalue weighted by Gasteiger charge is -2.17. The van der Waals surface area contributed by atoms with E-state index in [0.29, 0.717) is 6.04 Å². The van der Waals surface area contributed by atoms with E-state index >= 15 is 0 Å². The smallest absolute Gasteiger partial charge is 0.138 e. The zero-order valence-electron chi connectivity index (χ0n) is 11.8. The maximum Gasteiger partial charge on any atom is 0.138 e. The summed E-state index contributed by atoms with van der Waals surface area (Å²) < 4.78 is 1.92. The third-order valence-electron chi connectivity index (χ3n) is 3.20. The topological polar surface area (TPSA) is 68.8 Å². The van der Waals surface area contributed by atoms with E-state index in [1.54, 1.807) is 6.33 Å². The van der Waals surface area contributed by atoms with Gasteiger partial charge in [0, 0.05) is 23.5 Å². The summed E-state index contributed by atoms with van der Waals surface area (Å²) in [6, 6.07) is 8.21. The van der Waals surface area contributed by atoms with Gasteiger partial charge in [-0.2, -0.15) is 5.10 Å². The van der Waals surface area contributed by atoms with E-state index in [1.807, 2.05) is 28.9 Å². The first kappa shape index (κ1) is 15.0. The highest BCUT2D eigenvalue weighted by Gasteiger charge is 2.14. The Bertz CT molecular complexity index is 535. The molecule has 0 aliphatic heterocycles. The summed E-state index contributed by atoms with van der Waals surface area (Å²) in [5.41, 5.74) is 4.04. The van der Waals surface area contributed by atoms with Crippen LogP contribution in [-0.2, 0) is 12.8 Å². The molecule has 0 aliphatic carbocycles. The molecule has 1 heterocycles. The molecule has 20 heavy (non-hydrogen) atoms. The molecule has 108 valence electrons. The Hall–Kier alpha value is -1.43. The van der Waals surface area contributed by atoms with E-state index in [9.17, 15) is 0 Å². The second kappa shape index (κ2) is 6.83. The molecule has 0 bridgehead atoms. The average Bonchev–Trinajstić information content (AvgIpc) is 2.88. The number of hydrogen-bond donors (Lipinski definition) is 2. The lowest BCUT2D eigenvalue weighted by atomic mass is 10.0. The molecule has 2 rings (SSSR count). The first-order chi connectivity index (χ1) is 9.60. The van der Waals surface area contributed by atoms with E-state index in [-0.39, 0.29) is 6.04 Å². The first-order valence-corrected chi connectivity index (χ1v) is 7.07. The van der Waals surface area contributed by atoms with Crippen LogP contribution >= 0.6 is 11.6 Å². The van der Waals surface area contributed by atoms with Crippen LogP contribution in [0.4, 0.5) is 0 Å². The highest BCUT2D eigenvalue weighted by Crippen LogP contribution is 2.13. The van der Waals surface area contributed by atoms with Crippen molar-refractivity contribution in [2.45, 2.75) is 38.8 Å². The largest absolute Gasteiger partial charge is 0.271 e. The van der Waals surface area contributed by atoms with Crippen LogP contribution in [0.3, 0.4) is 0 Å². The number of rotatable bonds is 6. The SMILES string of the molecule is CC(C)n1ncnc1CC(Cc1ccc(Cl)cc1)NN. The van der Waals surface area contributed by atoms with Gasteiger partial charge >= 0.3 is 0 Å². The number of halogens is 1. The van der Waals surface area contributed by atoms with Crippen molar-refractivity contribution >= 4 is 11.6 Å². The van der Waals surface area contributed by atoms with Crippen LogP contribution in [-0.4, -0.2) is 20.8 Å². The summed E-state index contributed by atoms with van der Waals surface area (Å²) in [7, 11) is 0. The van der Waals surface area contributed by atoms with E-state index in [2.05, 4.69) is 29.4 Å². The van der Waals surface area contributed by atoms with Gasteiger partial charge in [-0.15, -0.1) is 0 Å². The minimum Gasteiger partial charge on any atom is -0.271 e. The molecule has 0 aliphatic rings. The molecular formula is C14H20ClN5. The third kappa shape index (κ3) is 3.79. The zero-order chi connectivity index (χ0) is 14.5. The molecule has 0 radical (unpaired) electrons. The Labute approximate surface area is 124 Å². The van der Waals surface area contributed by atoms with Crippen molar-refractivity contribution in [1.29, 1.82) is 0 Å². The Morgan fingerprint density at radius 3 is 2.55 bits per heavy atom. The number of hydrazine groups is 1. The highest BCUT2D eigenvalue weighted by atomic mass is 35.5. The Morgan fingerprint density at radius 1 is 1.25 bits per heavy atom. The van der Waals surface area contributed by atoms with E-state index < -0.39 is 0 Å². The van der Waals surface area contributed by atoms with Crippen LogP contribution in [0, 0.1) is 0 Å². The summed E-state index contributed by atoms with van der Waals surface area (Å²) in [6.45, 7) is 4.17. The maximum absolute atomic E-state index is 5.89. The van der Waals surface area contributed by atoms with Gasteiger partial charge in [-0.1, -0.05) is 23.7 Å². The zero-order valence-corrected chi connectivity index (χ0v) is 12.5. The fourth-order valence-corrected chi connectivity index (χ4v) is 2.29. The summed E-state index contributed by atoms with van der Waals surface area (Å²) in [5, 5.41) is 4.98. The predicted molar refractivity (Wildman–Crippen MR) is 80.4 cm³/mol. The number of aromatic nitrogens is 3. The van der Waals surface area contributed by atoms with Gasteiger partial charge in [0.2, 0.25) is 0 Å². The first-order valence-electron chi connectivity index (χ1n) is 6.69. The summed E-state index contributed by atoms with van der Waals surface area (Å²) in [6.07, 6.45) is 3.14. The van der Waals surface area contributed by atoms with E-state index in [1.165, 1.54) is 5.56 Å². The average molecular weight is 294 g/mol. The van der Waals surface area contributed by atoms with Crippen LogP contribution in [0.5, 0.6) is 0 Å². The van der Waals surface area contributed by atoms with Gasteiger partial charge in [-0.3, -0.25) is 11.3 Å². The second-order valence-electron chi connectivity index (χ2n) is 5.11. The highest BCUT2D eigenvalue weighted by molar-refractivity contribution is 6.30. The minimum atomic E-state index is 0.109. The Morgan fingerprint density at radius 2 is 1.95 bits per heavy atom. The van der Waals surface area contributed by atoms with Crippen LogP contribution in [0.15, 0.2) is 30.6 Å². The molecular weight excluding hydrogens is 274 g/mol. The molecule has 0 amide bonds. The standard InChI is InChI=1S/C14H20ClN5/c1-10(2)20-14(17-9-18-20)8-13(19-16)7-11-3-5-12(15)6-4-11/h3-6,9-10,13,19H,7-8,16H2,1-2H3. The van der Waals surface area contributed by atoms with Gasteiger partial charge in [0.15, 0.2) is 0 Å². The number of nitrogens with one attached hydrogen (secondary N) is 1. The molecule has 1 atom stereocenters. The molecule has 1 aromatic carbocycles. The number of benzene rings is 1. The lowest BCUT2D eigenvalue weighted by molar-refractivity contribution is 0.459. The summed E-state index contributed by atoms with van der Waals surface area (Å²) in [4.78, 5) is 4.32. The fourth-order valence-electron chi connectivity index (χ4n) is 2.17. The second-order valence-corrected chi connectivity index (χ2v) is 5.55. The van der Waals surface area contributed by atoms with Gasteiger partial charge in [-0.25, -0.2) is 9.67 Å². The lowest BCUT2D eigenvalue weighted by Crippen LogP contribution is -2.39. The Kier molecular flexibility index (Phi) is 5.11. The molecule has 0 saturated carbocycles. The van der Waals surface area contributed by atoms with Crippen molar-refractivity contribution in [1.82, 2.24) is 20.2 Å². The van der Waals surface area contributed by atoms with Crippen molar-refractivity contribution < 1.29 is 0 Å². The van der Waals surface area contributed by atoms with Crippen molar-refractivity contribution in [2.75, 3.05) is 0 Å². The van der Waals surface area contributed by atoms with E-state index in [0.717, 1.165) is 23.7 Å². The molecule has 3 N–H and O–H groups in total. The van der Waals surface area contributed by atoms with Crippen LogP contribution < -0.4 is 11.3 Å². The maximum atomic E-state index is 5.89. The van der Waals surface area contributed by atoms with Crippen molar-refractivity contribution in [3.8, 4) is 0 Å². The van der Waals surface area contributed by atoms with Crippen LogP contribution in [0.1, 0.15) is 31.3 Å². The molecule has 0 saturated heterocycles.